The number of imidazole rings is 1. The Hall–Kier alpha value is -2.70. The zero-order chi connectivity index (χ0) is 18.8. The Bertz CT molecular complexity index is 821. The lowest BCUT2D eigenvalue weighted by Gasteiger charge is -2.33. The number of hydrogen-bond acceptors (Lipinski definition) is 3. The summed E-state index contributed by atoms with van der Waals surface area (Å²) in [6.45, 7) is 6.80. The predicted octanol–water partition coefficient (Wildman–Crippen LogP) is 3.07. The van der Waals surface area contributed by atoms with Crippen molar-refractivity contribution in [1.29, 1.82) is 0 Å². The summed E-state index contributed by atoms with van der Waals surface area (Å²) < 4.78 is 15.1. The highest BCUT2D eigenvalue weighted by Gasteiger charge is 2.27. The second-order valence-electron chi connectivity index (χ2n) is 6.66. The maximum absolute atomic E-state index is 13.0. The van der Waals surface area contributed by atoms with Crippen molar-refractivity contribution in [3.05, 3.63) is 47.3 Å². The van der Waals surface area contributed by atoms with Gasteiger partial charge in [0.2, 0.25) is 5.91 Å². The average Bonchev–Trinajstić information content (AvgIpc) is 2.91. The minimum atomic E-state index is -0.351. The Morgan fingerprint density at radius 3 is 2.35 bits per heavy atom. The molecule has 0 saturated carbocycles. The Morgan fingerprint density at radius 2 is 1.77 bits per heavy atom. The van der Waals surface area contributed by atoms with E-state index in [1.165, 1.54) is 24.3 Å². The van der Waals surface area contributed by atoms with E-state index in [4.69, 9.17) is 0 Å². The van der Waals surface area contributed by atoms with E-state index < -0.39 is 0 Å². The third kappa shape index (κ3) is 3.61. The van der Waals surface area contributed by atoms with Gasteiger partial charge in [0, 0.05) is 37.4 Å². The van der Waals surface area contributed by atoms with Crippen LogP contribution in [0, 0.1) is 19.7 Å². The van der Waals surface area contributed by atoms with E-state index >= 15 is 0 Å². The number of amides is 2. The Kier molecular flexibility index (Phi) is 5.06. The van der Waals surface area contributed by atoms with Crippen LogP contribution in [0.3, 0.4) is 0 Å². The molecule has 3 rings (SSSR count). The summed E-state index contributed by atoms with van der Waals surface area (Å²) in [4.78, 5) is 30.4. The maximum atomic E-state index is 13.0. The topological polar surface area (TPSA) is 67.2 Å². The minimum absolute atomic E-state index is 0.0990. The number of nitrogens with one attached hydrogen (secondary N) is 1. The molecule has 2 heterocycles. The molecule has 0 atom stereocenters. The molecule has 0 bridgehead atoms. The van der Waals surface area contributed by atoms with Crippen LogP contribution in [0.4, 0.5) is 10.1 Å². The molecule has 1 fully saturated rings. The van der Waals surface area contributed by atoms with Crippen molar-refractivity contribution in [1.82, 2.24) is 14.5 Å². The number of aromatic nitrogens is 2. The molecule has 138 valence electrons. The number of piperidine rings is 1. The Balaban J connectivity index is 1.76. The fourth-order valence-corrected chi connectivity index (χ4v) is 3.57. The summed E-state index contributed by atoms with van der Waals surface area (Å²) in [7, 11) is 0. The number of halogens is 1. The van der Waals surface area contributed by atoms with Gasteiger partial charge in [-0.05, 0) is 51.0 Å². The quantitative estimate of drug-likeness (QED) is 0.917. The fraction of sp³-hybridized carbons (Fsp3) is 0.421. The third-order valence-corrected chi connectivity index (χ3v) is 4.92. The lowest BCUT2D eigenvalue weighted by atomic mass is 10.0. The highest BCUT2D eigenvalue weighted by atomic mass is 19.1. The van der Waals surface area contributed by atoms with Crippen LogP contribution in [0.2, 0.25) is 0 Å². The van der Waals surface area contributed by atoms with E-state index in [2.05, 4.69) is 14.9 Å². The number of likely N-dealkylation sites (tertiary alicyclic amines) is 1. The SMILES string of the molecule is CC(=O)N1CCC(n2c(C)nc(C(=O)Nc3ccc(F)cc3)c2C)CC1. The van der Waals surface area contributed by atoms with Gasteiger partial charge < -0.3 is 14.8 Å². The first-order chi connectivity index (χ1) is 12.4. The molecule has 2 amide bonds. The van der Waals surface area contributed by atoms with Crippen molar-refractivity contribution in [3.8, 4) is 0 Å². The number of nitrogens with zero attached hydrogens (tertiary/aromatic N) is 3. The molecule has 0 radical (unpaired) electrons. The van der Waals surface area contributed by atoms with Crippen molar-refractivity contribution in [2.24, 2.45) is 0 Å². The van der Waals surface area contributed by atoms with Crippen molar-refractivity contribution in [2.75, 3.05) is 18.4 Å². The second kappa shape index (κ2) is 7.27. The Labute approximate surface area is 152 Å². The van der Waals surface area contributed by atoms with Crippen LogP contribution in [-0.4, -0.2) is 39.4 Å². The summed E-state index contributed by atoms with van der Waals surface area (Å²) in [5.41, 5.74) is 1.71. The average molecular weight is 358 g/mol. The van der Waals surface area contributed by atoms with E-state index in [0.29, 0.717) is 24.5 Å². The molecule has 0 aliphatic carbocycles. The summed E-state index contributed by atoms with van der Waals surface area (Å²) in [5, 5.41) is 2.76. The second-order valence-corrected chi connectivity index (χ2v) is 6.66. The summed E-state index contributed by atoms with van der Waals surface area (Å²) in [6, 6.07) is 5.86. The lowest BCUT2D eigenvalue weighted by Crippen LogP contribution is -2.38. The van der Waals surface area contributed by atoms with Crippen LogP contribution in [-0.2, 0) is 4.79 Å². The van der Waals surface area contributed by atoms with Crippen molar-refractivity contribution in [3.63, 3.8) is 0 Å². The van der Waals surface area contributed by atoms with E-state index in [9.17, 15) is 14.0 Å². The molecule has 0 spiro atoms. The van der Waals surface area contributed by atoms with E-state index in [1.54, 1.807) is 6.92 Å². The fourth-order valence-electron chi connectivity index (χ4n) is 3.57. The molecule has 0 unspecified atom stereocenters. The zero-order valence-electron chi connectivity index (χ0n) is 15.3. The maximum Gasteiger partial charge on any atom is 0.276 e. The molecule has 26 heavy (non-hydrogen) atoms. The highest BCUT2D eigenvalue weighted by Crippen LogP contribution is 2.27. The van der Waals surface area contributed by atoms with Crippen molar-refractivity contribution in [2.45, 2.75) is 39.7 Å². The normalized spacial score (nSPS) is 15.2. The highest BCUT2D eigenvalue weighted by molar-refractivity contribution is 6.03. The van der Waals surface area contributed by atoms with Gasteiger partial charge in [0.1, 0.15) is 17.3 Å². The predicted molar refractivity (Wildman–Crippen MR) is 96.6 cm³/mol. The molecule has 7 heteroatoms. The number of hydrogen-bond donors (Lipinski definition) is 1. The summed E-state index contributed by atoms with van der Waals surface area (Å²) in [6.07, 6.45) is 1.69. The molecular weight excluding hydrogens is 335 g/mol. The van der Waals surface area contributed by atoms with Crippen LogP contribution in [0.1, 0.15) is 47.8 Å². The van der Waals surface area contributed by atoms with Crippen molar-refractivity contribution >= 4 is 17.5 Å². The van der Waals surface area contributed by atoms with Gasteiger partial charge in [-0.1, -0.05) is 0 Å². The van der Waals surface area contributed by atoms with Gasteiger partial charge in [-0.15, -0.1) is 0 Å². The summed E-state index contributed by atoms with van der Waals surface area (Å²) in [5.74, 6) is 0.225. The van der Waals surface area contributed by atoms with Gasteiger partial charge in [0.05, 0.1) is 0 Å². The van der Waals surface area contributed by atoms with Gasteiger partial charge in [-0.25, -0.2) is 9.37 Å². The third-order valence-electron chi connectivity index (χ3n) is 4.92. The molecule has 6 nitrogen and oxygen atoms in total. The van der Waals surface area contributed by atoms with Gasteiger partial charge in [0.25, 0.3) is 5.91 Å². The van der Waals surface area contributed by atoms with E-state index in [-0.39, 0.29) is 23.7 Å². The molecular formula is C19H23FN4O2. The zero-order valence-corrected chi connectivity index (χ0v) is 15.3. The first kappa shape index (κ1) is 18.1. The number of rotatable bonds is 3. The molecule has 1 aliphatic rings. The van der Waals surface area contributed by atoms with Crippen LogP contribution >= 0.6 is 0 Å². The van der Waals surface area contributed by atoms with Gasteiger partial charge in [-0.2, -0.15) is 0 Å². The number of anilines is 1. The largest absolute Gasteiger partial charge is 0.343 e. The first-order valence-electron chi connectivity index (χ1n) is 8.74. The first-order valence-corrected chi connectivity index (χ1v) is 8.74. The van der Waals surface area contributed by atoms with Gasteiger partial charge in [0.15, 0.2) is 0 Å². The van der Waals surface area contributed by atoms with Crippen molar-refractivity contribution < 1.29 is 14.0 Å². The lowest BCUT2D eigenvalue weighted by molar-refractivity contribution is -0.130. The van der Waals surface area contributed by atoms with Gasteiger partial charge >= 0.3 is 0 Å². The van der Waals surface area contributed by atoms with E-state index in [1.807, 2.05) is 18.7 Å². The molecule has 1 aromatic heterocycles. The van der Waals surface area contributed by atoms with Crippen LogP contribution in [0.25, 0.3) is 0 Å². The number of benzene rings is 1. The number of carbonyl (C=O) groups excluding carboxylic acids is 2. The summed E-state index contributed by atoms with van der Waals surface area (Å²) >= 11 is 0. The van der Waals surface area contributed by atoms with Crippen LogP contribution < -0.4 is 5.32 Å². The van der Waals surface area contributed by atoms with E-state index in [0.717, 1.165) is 24.4 Å². The standard InChI is InChI=1S/C19H23FN4O2/c1-12-18(19(26)22-16-6-4-15(20)5-7-16)21-13(2)24(12)17-8-10-23(11-9-17)14(3)25/h4-7,17H,8-11H2,1-3H3,(H,22,26). The van der Waals surface area contributed by atoms with Crippen LogP contribution in [0.15, 0.2) is 24.3 Å². The molecule has 1 saturated heterocycles. The molecule has 1 aromatic carbocycles. The minimum Gasteiger partial charge on any atom is -0.343 e. The molecule has 2 aromatic rings. The number of carbonyl (C=O) groups is 2. The molecule has 1 N–H and O–H groups in total. The molecule has 1 aliphatic heterocycles. The Morgan fingerprint density at radius 1 is 1.15 bits per heavy atom. The number of aryl methyl sites for hydroxylation is 1. The van der Waals surface area contributed by atoms with Gasteiger partial charge in [-0.3, -0.25) is 9.59 Å². The van der Waals surface area contributed by atoms with Crippen LogP contribution in [0.5, 0.6) is 0 Å². The monoisotopic (exact) mass is 358 g/mol. The smallest absolute Gasteiger partial charge is 0.276 e.